The van der Waals surface area contributed by atoms with Crippen LogP contribution in [0.2, 0.25) is 0 Å². The van der Waals surface area contributed by atoms with Crippen molar-refractivity contribution >= 4 is 26.8 Å². The minimum absolute atomic E-state index is 0.255. The number of nitrogens with two attached hydrogens (primary N) is 1. The van der Waals surface area contributed by atoms with E-state index in [4.69, 9.17) is 5.73 Å². The fourth-order valence-corrected chi connectivity index (χ4v) is 3.96. The molecule has 1 aliphatic rings. The van der Waals surface area contributed by atoms with Gasteiger partial charge in [0, 0.05) is 12.8 Å². The number of sulfone groups is 1. The Morgan fingerprint density at radius 3 is 2.67 bits per heavy atom. The van der Waals surface area contributed by atoms with Gasteiger partial charge in [0.1, 0.15) is 5.52 Å². The van der Waals surface area contributed by atoms with Crippen LogP contribution in [0.3, 0.4) is 0 Å². The van der Waals surface area contributed by atoms with Crippen LogP contribution < -0.4 is 5.73 Å². The first-order chi connectivity index (χ1) is 9.86. The van der Waals surface area contributed by atoms with Crippen molar-refractivity contribution in [1.29, 1.82) is 0 Å². The molecule has 2 N–H and O–H groups in total. The van der Waals surface area contributed by atoms with Crippen molar-refractivity contribution < 1.29 is 8.42 Å². The summed E-state index contributed by atoms with van der Waals surface area (Å²) in [4.78, 5) is 4.57. The fraction of sp³-hybridized carbons (Fsp3) is 0.533. The van der Waals surface area contributed by atoms with Gasteiger partial charge in [0.05, 0.1) is 10.4 Å². The van der Waals surface area contributed by atoms with Gasteiger partial charge in [-0.2, -0.15) is 0 Å². The van der Waals surface area contributed by atoms with Crippen LogP contribution in [0.25, 0.3) is 11.0 Å². The molecule has 5 nitrogen and oxygen atoms in total. The molecule has 1 saturated carbocycles. The van der Waals surface area contributed by atoms with Gasteiger partial charge in [-0.05, 0) is 36.8 Å². The second-order valence-corrected chi connectivity index (χ2v) is 8.19. The number of anilines is 1. The Labute approximate surface area is 125 Å². The summed E-state index contributed by atoms with van der Waals surface area (Å²) in [6, 6.07) is 5.25. The molecule has 0 amide bonds. The first-order valence-electron chi connectivity index (χ1n) is 7.31. The lowest BCUT2D eigenvalue weighted by Crippen LogP contribution is -2.13. The Morgan fingerprint density at radius 1 is 1.38 bits per heavy atom. The molecule has 1 aromatic carbocycles. The number of nitrogens with zero attached hydrogens (tertiary/aromatic N) is 2. The van der Waals surface area contributed by atoms with E-state index in [-0.39, 0.29) is 4.90 Å². The summed E-state index contributed by atoms with van der Waals surface area (Å²) in [7, 11) is -3.30. The molecule has 1 heterocycles. The van der Waals surface area contributed by atoms with Gasteiger partial charge in [-0.1, -0.05) is 19.4 Å². The van der Waals surface area contributed by atoms with Gasteiger partial charge in [0.25, 0.3) is 0 Å². The minimum Gasteiger partial charge on any atom is -0.369 e. The van der Waals surface area contributed by atoms with Gasteiger partial charge in [-0.25, -0.2) is 13.4 Å². The molecule has 0 bridgehead atoms. The number of para-hydroxylation sites is 1. The Balaban J connectivity index is 2.11. The Bertz CT molecular complexity index is 789. The van der Waals surface area contributed by atoms with Crippen molar-refractivity contribution in [2.24, 2.45) is 5.41 Å². The molecule has 1 fully saturated rings. The van der Waals surface area contributed by atoms with E-state index >= 15 is 0 Å². The molecule has 0 unspecified atom stereocenters. The lowest BCUT2D eigenvalue weighted by Gasteiger charge is -2.16. The molecule has 114 valence electrons. The van der Waals surface area contributed by atoms with Crippen LogP contribution in [0.4, 0.5) is 5.95 Å². The van der Waals surface area contributed by atoms with E-state index in [2.05, 4.69) is 11.9 Å². The first kappa shape index (κ1) is 14.4. The van der Waals surface area contributed by atoms with Crippen LogP contribution in [0.1, 0.15) is 32.6 Å². The normalized spacial score (nSPS) is 17.2. The van der Waals surface area contributed by atoms with Gasteiger partial charge in [0.2, 0.25) is 5.95 Å². The Hall–Kier alpha value is -1.56. The molecule has 0 atom stereocenters. The number of hydrogen-bond donors (Lipinski definition) is 1. The van der Waals surface area contributed by atoms with Crippen molar-refractivity contribution in [3.05, 3.63) is 18.2 Å². The maximum atomic E-state index is 11.9. The third kappa shape index (κ3) is 2.52. The smallest absolute Gasteiger partial charge is 0.201 e. The number of nitrogen functional groups attached to an aromatic ring is 1. The van der Waals surface area contributed by atoms with Crippen molar-refractivity contribution in [2.45, 2.75) is 44.0 Å². The van der Waals surface area contributed by atoms with Crippen LogP contribution in [-0.2, 0) is 16.4 Å². The van der Waals surface area contributed by atoms with Crippen molar-refractivity contribution in [1.82, 2.24) is 9.55 Å². The van der Waals surface area contributed by atoms with Gasteiger partial charge in [-0.3, -0.25) is 0 Å². The number of imidazole rings is 1. The summed E-state index contributed by atoms with van der Waals surface area (Å²) in [6.45, 7) is 3.02. The maximum Gasteiger partial charge on any atom is 0.201 e. The van der Waals surface area contributed by atoms with Crippen molar-refractivity contribution in [3.63, 3.8) is 0 Å². The van der Waals surface area contributed by atoms with Crippen LogP contribution in [-0.4, -0.2) is 24.2 Å². The number of hydrogen-bond acceptors (Lipinski definition) is 4. The highest BCUT2D eigenvalue weighted by atomic mass is 32.2. The molecule has 0 aliphatic heterocycles. The molecule has 1 aliphatic carbocycles. The molecule has 21 heavy (non-hydrogen) atoms. The highest BCUT2D eigenvalue weighted by Gasteiger charge is 2.42. The minimum atomic E-state index is -3.30. The average Bonchev–Trinajstić information content (AvgIpc) is 3.08. The molecule has 3 rings (SSSR count). The van der Waals surface area contributed by atoms with Crippen LogP contribution >= 0.6 is 0 Å². The van der Waals surface area contributed by atoms with Crippen molar-refractivity contribution in [2.75, 3.05) is 12.0 Å². The average molecular weight is 307 g/mol. The number of benzene rings is 1. The van der Waals surface area contributed by atoms with E-state index in [1.807, 2.05) is 10.6 Å². The van der Waals surface area contributed by atoms with E-state index in [1.54, 1.807) is 12.1 Å². The van der Waals surface area contributed by atoms with Crippen LogP contribution in [0.5, 0.6) is 0 Å². The summed E-state index contributed by atoms with van der Waals surface area (Å²) in [6.07, 6.45) is 5.97. The van der Waals surface area contributed by atoms with E-state index < -0.39 is 9.84 Å². The number of aromatic nitrogens is 2. The SMILES string of the molecule is CCCC1(Cn2c(N)nc3c(S(C)(=O)=O)cccc32)CC1. The molecule has 1 aromatic heterocycles. The summed E-state index contributed by atoms with van der Waals surface area (Å²) >= 11 is 0. The fourth-order valence-electron chi connectivity index (χ4n) is 3.13. The summed E-state index contributed by atoms with van der Waals surface area (Å²) in [5, 5.41) is 0. The van der Waals surface area contributed by atoms with E-state index in [1.165, 1.54) is 25.5 Å². The zero-order valence-corrected chi connectivity index (χ0v) is 13.3. The summed E-state index contributed by atoms with van der Waals surface area (Å²) in [5.41, 5.74) is 7.69. The lowest BCUT2D eigenvalue weighted by atomic mass is 10.0. The third-order valence-electron chi connectivity index (χ3n) is 4.40. The topological polar surface area (TPSA) is 78.0 Å². The molecule has 0 spiro atoms. The monoisotopic (exact) mass is 307 g/mol. The maximum absolute atomic E-state index is 11.9. The summed E-state index contributed by atoms with van der Waals surface area (Å²) < 4.78 is 25.7. The molecular weight excluding hydrogens is 286 g/mol. The van der Waals surface area contributed by atoms with Gasteiger partial charge >= 0.3 is 0 Å². The molecule has 2 aromatic rings. The van der Waals surface area contributed by atoms with E-state index in [0.717, 1.165) is 18.5 Å². The second-order valence-electron chi connectivity index (χ2n) is 6.20. The second kappa shape index (κ2) is 4.73. The quantitative estimate of drug-likeness (QED) is 0.921. The number of rotatable bonds is 5. The predicted octanol–water partition coefficient (Wildman–Crippen LogP) is 2.60. The highest BCUT2D eigenvalue weighted by molar-refractivity contribution is 7.91. The lowest BCUT2D eigenvalue weighted by molar-refractivity contribution is 0.396. The molecular formula is C15H21N3O2S. The largest absolute Gasteiger partial charge is 0.369 e. The zero-order valence-electron chi connectivity index (χ0n) is 12.5. The van der Waals surface area contributed by atoms with Crippen LogP contribution in [0.15, 0.2) is 23.1 Å². The predicted molar refractivity (Wildman–Crippen MR) is 83.8 cm³/mol. The zero-order chi connectivity index (χ0) is 15.3. The Morgan fingerprint density at radius 2 is 2.10 bits per heavy atom. The summed E-state index contributed by atoms with van der Waals surface area (Å²) in [5.74, 6) is 0.406. The van der Waals surface area contributed by atoms with Gasteiger partial charge < -0.3 is 10.3 Å². The van der Waals surface area contributed by atoms with Crippen LogP contribution in [0, 0.1) is 5.41 Å². The van der Waals surface area contributed by atoms with Gasteiger partial charge in [0.15, 0.2) is 9.84 Å². The van der Waals surface area contributed by atoms with Crippen molar-refractivity contribution in [3.8, 4) is 0 Å². The molecule has 0 saturated heterocycles. The van der Waals surface area contributed by atoms with E-state index in [0.29, 0.717) is 16.9 Å². The van der Waals surface area contributed by atoms with E-state index in [9.17, 15) is 8.42 Å². The highest BCUT2D eigenvalue weighted by Crippen LogP contribution is 2.51. The molecule has 6 heteroatoms. The Kier molecular flexibility index (Phi) is 3.24. The first-order valence-corrected chi connectivity index (χ1v) is 9.20. The standard InChI is InChI=1S/C15H21N3O2S/c1-3-7-15(8-9-15)10-18-11-5-4-6-12(21(2,19)20)13(11)17-14(18)16/h4-6H,3,7-10H2,1-2H3,(H2,16,17). The third-order valence-corrected chi connectivity index (χ3v) is 5.53. The number of fused-ring (bicyclic) bond motifs is 1. The van der Waals surface area contributed by atoms with Gasteiger partial charge in [-0.15, -0.1) is 0 Å². The molecule has 0 radical (unpaired) electrons.